The number of amides is 2. The predicted molar refractivity (Wildman–Crippen MR) is 115 cm³/mol. The van der Waals surface area contributed by atoms with Gasteiger partial charge >= 0.3 is 0 Å². The van der Waals surface area contributed by atoms with Gasteiger partial charge in [0.05, 0.1) is 13.1 Å². The number of hydrogen-bond acceptors (Lipinski definition) is 2. The van der Waals surface area contributed by atoms with Crippen molar-refractivity contribution in [3.63, 3.8) is 0 Å². The SMILES string of the molecule is CC(C)CN(CC(=O)N(Cc1cccn1C)C1CC1)C(=O)CCc1ccccc1. The van der Waals surface area contributed by atoms with Crippen LogP contribution in [0.3, 0.4) is 0 Å². The third-order valence-electron chi connectivity index (χ3n) is 5.43. The van der Waals surface area contributed by atoms with Crippen LogP contribution in [0.5, 0.6) is 0 Å². The molecule has 1 heterocycles. The van der Waals surface area contributed by atoms with Gasteiger partial charge in [-0.1, -0.05) is 44.2 Å². The van der Waals surface area contributed by atoms with E-state index in [1.54, 1.807) is 4.90 Å². The second-order valence-electron chi connectivity index (χ2n) is 8.52. The minimum absolute atomic E-state index is 0.0578. The van der Waals surface area contributed by atoms with Gasteiger partial charge in [-0.05, 0) is 42.9 Å². The Kier molecular flexibility index (Phi) is 7.13. The van der Waals surface area contributed by atoms with E-state index in [-0.39, 0.29) is 18.4 Å². The van der Waals surface area contributed by atoms with E-state index in [0.717, 1.165) is 24.1 Å². The first-order valence-corrected chi connectivity index (χ1v) is 10.7. The van der Waals surface area contributed by atoms with Crippen molar-refractivity contribution in [3.05, 3.63) is 59.9 Å². The van der Waals surface area contributed by atoms with Crippen LogP contribution in [0.2, 0.25) is 0 Å². The van der Waals surface area contributed by atoms with E-state index in [1.165, 1.54) is 0 Å². The lowest BCUT2D eigenvalue weighted by molar-refractivity contribution is -0.141. The van der Waals surface area contributed by atoms with Crippen molar-refractivity contribution in [2.45, 2.75) is 52.1 Å². The Morgan fingerprint density at radius 3 is 2.38 bits per heavy atom. The van der Waals surface area contributed by atoms with E-state index in [4.69, 9.17) is 0 Å². The molecule has 0 saturated heterocycles. The average molecular weight is 396 g/mol. The molecule has 0 spiro atoms. The van der Waals surface area contributed by atoms with Crippen LogP contribution in [0.15, 0.2) is 48.7 Å². The lowest BCUT2D eigenvalue weighted by atomic mass is 10.1. The summed E-state index contributed by atoms with van der Waals surface area (Å²) >= 11 is 0. The van der Waals surface area contributed by atoms with Gasteiger partial charge in [-0.3, -0.25) is 9.59 Å². The summed E-state index contributed by atoms with van der Waals surface area (Å²) in [5, 5.41) is 0. The molecule has 2 aromatic rings. The minimum Gasteiger partial charge on any atom is -0.353 e. The normalized spacial score (nSPS) is 13.5. The summed E-state index contributed by atoms with van der Waals surface area (Å²) in [5.41, 5.74) is 2.27. The van der Waals surface area contributed by atoms with Gasteiger partial charge in [0, 0.05) is 37.9 Å². The molecule has 29 heavy (non-hydrogen) atoms. The number of hydrogen-bond donors (Lipinski definition) is 0. The Balaban J connectivity index is 1.63. The molecule has 0 bridgehead atoms. The maximum Gasteiger partial charge on any atom is 0.242 e. The molecule has 0 atom stereocenters. The Bertz CT molecular complexity index is 809. The van der Waals surface area contributed by atoms with Crippen molar-refractivity contribution >= 4 is 11.8 Å². The number of carbonyl (C=O) groups is 2. The van der Waals surface area contributed by atoms with Crippen LogP contribution in [0.4, 0.5) is 0 Å². The highest BCUT2D eigenvalue weighted by molar-refractivity contribution is 5.85. The number of aryl methyl sites for hydroxylation is 2. The summed E-state index contributed by atoms with van der Waals surface area (Å²) < 4.78 is 2.06. The second-order valence-corrected chi connectivity index (χ2v) is 8.52. The molecule has 0 N–H and O–H groups in total. The summed E-state index contributed by atoms with van der Waals surface area (Å²) in [4.78, 5) is 29.8. The number of rotatable bonds is 10. The Morgan fingerprint density at radius 2 is 1.79 bits per heavy atom. The molecule has 5 heteroatoms. The molecule has 1 aromatic heterocycles. The first-order valence-electron chi connectivity index (χ1n) is 10.7. The standard InChI is InChI=1S/C24H33N3O2/c1-19(2)16-26(23(28)14-11-20-8-5-4-6-9-20)18-24(29)27(21-12-13-21)17-22-10-7-15-25(22)3/h4-10,15,19,21H,11-14,16-18H2,1-3H3. The molecule has 1 saturated carbocycles. The van der Waals surface area contributed by atoms with Gasteiger partial charge in [0.1, 0.15) is 0 Å². The summed E-state index contributed by atoms with van der Waals surface area (Å²) in [6.07, 6.45) is 5.26. The smallest absolute Gasteiger partial charge is 0.242 e. The Morgan fingerprint density at radius 1 is 1.07 bits per heavy atom. The molecular formula is C24H33N3O2. The predicted octanol–water partition coefficient (Wildman–Crippen LogP) is 3.63. The van der Waals surface area contributed by atoms with Gasteiger partial charge in [0.15, 0.2) is 0 Å². The quantitative estimate of drug-likeness (QED) is 0.617. The molecular weight excluding hydrogens is 362 g/mol. The van der Waals surface area contributed by atoms with Crippen molar-refractivity contribution < 1.29 is 9.59 Å². The van der Waals surface area contributed by atoms with E-state index < -0.39 is 0 Å². The molecule has 0 unspecified atom stereocenters. The molecule has 1 fully saturated rings. The highest BCUT2D eigenvalue weighted by atomic mass is 16.2. The number of carbonyl (C=O) groups excluding carboxylic acids is 2. The highest BCUT2D eigenvalue weighted by Gasteiger charge is 2.34. The first-order chi connectivity index (χ1) is 13.9. The third kappa shape index (κ3) is 6.21. The van der Waals surface area contributed by atoms with E-state index in [1.807, 2.05) is 54.5 Å². The Labute approximate surface area is 174 Å². The molecule has 1 aliphatic carbocycles. The monoisotopic (exact) mass is 395 g/mol. The molecule has 1 aromatic carbocycles. The number of nitrogens with zero attached hydrogens (tertiary/aromatic N) is 3. The van der Waals surface area contributed by atoms with Gasteiger partial charge < -0.3 is 14.4 Å². The maximum atomic E-state index is 13.2. The highest BCUT2D eigenvalue weighted by Crippen LogP contribution is 2.28. The van der Waals surface area contributed by atoms with Gasteiger partial charge in [0.2, 0.25) is 11.8 Å². The molecule has 1 aliphatic rings. The lowest BCUT2D eigenvalue weighted by Gasteiger charge is -2.29. The van der Waals surface area contributed by atoms with Crippen LogP contribution in [0.25, 0.3) is 0 Å². The van der Waals surface area contributed by atoms with Crippen LogP contribution in [0, 0.1) is 5.92 Å². The zero-order valence-corrected chi connectivity index (χ0v) is 17.9. The minimum atomic E-state index is 0.0578. The first kappa shape index (κ1) is 21.2. The maximum absolute atomic E-state index is 13.2. The van der Waals surface area contributed by atoms with Crippen molar-refractivity contribution in [1.82, 2.24) is 14.4 Å². The second kappa shape index (κ2) is 9.77. The fraction of sp³-hybridized carbons (Fsp3) is 0.500. The zero-order valence-electron chi connectivity index (χ0n) is 17.9. The largest absolute Gasteiger partial charge is 0.353 e. The molecule has 5 nitrogen and oxygen atoms in total. The third-order valence-corrected chi connectivity index (χ3v) is 5.43. The summed E-state index contributed by atoms with van der Waals surface area (Å²) in [6, 6.07) is 14.4. The zero-order chi connectivity index (χ0) is 20.8. The molecule has 0 radical (unpaired) electrons. The Hall–Kier alpha value is -2.56. The topological polar surface area (TPSA) is 45.6 Å². The van der Waals surface area contributed by atoms with E-state index in [9.17, 15) is 9.59 Å². The van der Waals surface area contributed by atoms with E-state index in [0.29, 0.717) is 37.9 Å². The number of benzene rings is 1. The molecule has 2 amide bonds. The van der Waals surface area contributed by atoms with Crippen molar-refractivity contribution in [3.8, 4) is 0 Å². The molecule has 3 rings (SSSR count). The van der Waals surface area contributed by atoms with Gasteiger partial charge in [-0.2, -0.15) is 0 Å². The average Bonchev–Trinajstić information content (AvgIpc) is 3.46. The van der Waals surface area contributed by atoms with Gasteiger partial charge in [-0.15, -0.1) is 0 Å². The fourth-order valence-corrected chi connectivity index (χ4v) is 3.65. The van der Waals surface area contributed by atoms with Gasteiger partial charge in [0.25, 0.3) is 0 Å². The summed E-state index contributed by atoms with van der Waals surface area (Å²) in [7, 11) is 2.00. The van der Waals surface area contributed by atoms with Crippen LogP contribution in [0.1, 0.15) is 44.4 Å². The van der Waals surface area contributed by atoms with Crippen LogP contribution in [-0.2, 0) is 29.6 Å². The van der Waals surface area contributed by atoms with Crippen molar-refractivity contribution in [1.29, 1.82) is 0 Å². The van der Waals surface area contributed by atoms with Crippen molar-refractivity contribution in [2.24, 2.45) is 13.0 Å². The van der Waals surface area contributed by atoms with Gasteiger partial charge in [-0.25, -0.2) is 0 Å². The molecule has 0 aliphatic heterocycles. The summed E-state index contributed by atoms with van der Waals surface area (Å²) in [5.74, 6) is 0.443. The van der Waals surface area contributed by atoms with E-state index in [2.05, 4.69) is 24.5 Å². The van der Waals surface area contributed by atoms with Crippen LogP contribution >= 0.6 is 0 Å². The summed E-state index contributed by atoms with van der Waals surface area (Å²) in [6.45, 7) is 5.57. The van der Waals surface area contributed by atoms with E-state index >= 15 is 0 Å². The van der Waals surface area contributed by atoms with Crippen molar-refractivity contribution in [2.75, 3.05) is 13.1 Å². The number of aromatic nitrogens is 1. The molecule has 156 valence electrons. The van der Waals surface area contributed by atoms with Crippen LogP contribution < -0.4 is 0 Å². The van der Waals surface area contributed by atoms with Crippen LogP contribution in [-0.4, -0.2) is 45.3 Å². The fourth-order valence-electron chi connectivity index (χ4n) is 3.65. The lowest BCUT2D eigenvalue weighted by Crippen LogP contribution is -2.45.